The Hall–Kier alpha value is -3.35. The zero-order valence-corrected chi connectivity index (χ0v) is 17.3. The van der Waals surface area contributed by atoms with Gasteiger partial charge in [0.25, 0.3) is 0 Å². The van der Waals surface area contributed by atoms with E-state index in [-0.39, 0.29) is 19.1 Å². The van der Waals surface area contributed by atoms with Gasteiger partial charge in [-0.3, -0.25) is 4.79 Å². The summed E-state index contributed by atoms with van der Waals surface area (Å²) in [6, 6.07) is 15.3. The number of amides is 2. The van der Waals surface area contributed by atoms with Gasteiger partial charge >= 0.3 is 12.1 Å². The van der Waals surface area contributed by atoms with Crippen LogP contribution in [0.1, 0.15) is 42.7 Å². The number of hydrogen-bond acceptors (Lipinski definition) is 4. The van der Waals surface area contributed by atoms with Crippen molar-refractivity contribution in [1.29, 1.82) is 0 Å². The lowest BCUT2D eigenvalue weighted by Crippen LogP contribution is -2.48. The Bertz CT molecular complexity index is 944. The van der Waals surface area contributed by atoms with Crippen LogP contribution in [0, 0.1) is 0 Å². The number of nitrogens with zero attached hydrogens (tertiary/aromatic N) is 1. The molecule has 0 saturated carbocycles. The van der Waals surface area contributed by atoms with Crippen LogP contribution in [0.5, 0.6) is 0 Å². The number of aliphatic carboxylic acids is 1. The van der Waals surface area contributed by atoms with Crippen molar-refractivity contribution in [2.24, 2.45) is 0 Å². The number of likely N-dealkylation sites (tertiary alicyclic amines) is 1. The predicted octanol–water partition coefficient (Wildman–Crippen LogP) is 3.38. The maximum atomic E-state index is 12.6. The molecule has 2 amide bonds. The second kappa shape index (κ2) is 9.20. The quantitative estimate of drug-likeness (QED) is 0.770. The Kier molecular flexibility index (Phi) is 6.21. The summed E-state index contributed by atoms with van der Waals surface area (Å²) in [6.07, 6.45) is 2.19. The zero-order chi connectivity index (χ0) is 21.8. The third kappa shape index (κ3) is 4.40. The van der Waals surface area contributed by atoms with E-state index in [9.17, 15) is 19.5 Å². The standard InChI is InChI=1S/C24H26N2O5/c27-22(26-13-7-1-2-12-21(26)23(28)29)14-25-24(30)31-15-20-18-10-5-3-8-16(18)17-9-4-6-11-19(17)20/h3-6,8-11,20-21H,1-2,7,12-15H2,(H,25,30)(H,28,29). The van der Waals surface area contributed by atoms with E-state index in [2.05, 4.69) is 17.4 Å². The Morgan fingerprint density at radius 1 is 0.968 bits per heavy atom. The van der Waals surface area contributed by atoms with Crippen LogP contribution < -0.4 is 5.32 Å². The molecular formula is C24H26N2O5. The average Bonchev–Trinajstić information content (AvgIpc) is 2.91. The molecule has 1 fully saturated rings. The summed E-state index contributed by atoms with van der Waals surface area (Å²) >= 11 is 0. The summed E-state index contributed by atoms with van der Waals surface area (Å²) in [7, 11) is 0. The fourth-order valence-electron chi connectivity index (χ4n) is 4.56. The highest BCUT2D eigenvalue weighted by molar-refractivity contribution is 5.87. The highest BCUT2D eigenvalue weighted by Gasteiger charge is 2.31. The summed E-state index contributed by atoms with van der Waals surface area (Å²) in [6.45, 7) is 0.276. The van der Waals surface area contributed by atoms with Gasteiger partial charge in [0.2, 0.25) is 5.91 Å². The van der Waals surface area contributed by atoms with Crippen LogP contribution in [0.3, 0.4) is 0 Å². The van der Waals surface area contributed by atoms with Crippen molar-refractivity contribution in [1.82, 2.24) is 10.2 Å². The van der Waals surface area contributed by atoms with E-state index in [1.54, 1.807) is 0 Å². The van der Waals surface area contributed by atoms with E-state index in [0.717, 1.165) is 41.5 Å². The average molecular weight is 422 g/mol. The molecule has 31 heavy (non-hydrogen) atoms. The molecule has 2 aromatic carbocycles. The van der Waals surface area contributed by atoms with Crippen LogP contribution in [0.25, 0.3) is 11.1 Å². The van der Waals surface area contributed by atoms with Crippen molar-refractivity contribution >= 4 is 18.0 Å². The summed E-state index contributed by atoms with van der Waals surface area (Å²) in [5, 5.41) is 11.9. The molecule has 0 radical (unpaired) electrons. The highest BCUT2D eigenvalue weighted by atomic mass is 16.5. The Balaban J connectivity index is 1.35. The lowest BCUT2D eigenvalue weighted by molar-refractivity contribution is -0.149. The number of hydrogen-bond donors (Lipinski definition) is 2. The molecule has 0 aromatic heterocycles. The molecule has 2 aliphatic rings. The molecule has 7 nitrogen and oxygen atoms in total. The number of ether oxygens (including phenoxy) is 1. The predicted molar refractivity (Wildman–Crippen MR) is 115 cm³/mol. The number of carboxylic acid groups (broad SMARTS) is 1. The minimum Gasteiger partial charge on any atom is -0.480 e. The molecule has 1 saturated heterocycles. The SMILES string of the molecule is O=C(NCC(=O)N1CCCCCC1C(=O)O)OCC1c2ccccc2-c2ccccc21. The van der Waals surface area contributed by atoms with E-state index in [4.69, 9.17) is 4.74 Å². The van der Waals surface area contributed by atoms with E-state index in [0.29, 0.717) is 13.0 Å². The molecule has 1 unspecified atom stereocenters. The fourth-order valence-corrected chi connectivity index (χ4v) is 4.56. The summed E-state index contributed by atoms with van der Waals surface area (Å²) < 4.78 is 5.44. The molecule has 0 bridgehead atoms. The number of rotatable bonds is 5. The van der Waals surface area contributed by atoms with Crippen molar-refractivity contribution in [3.8, 4) is 11.1 Å². The topological polar surface area (TPSA) is 95.9 Å². The van der Waals surface area contributed by atoms with Gasteiger partial charge in [-0.2, -0.15) is 0 Å². The first-order chi connectivity index (χ1) is 15.1. The monoisotopic (exact) mass is 422 g/mol. The van der Waals surface area contributed by atoms with Crippen LogP contribution in [-0.4, -0.2) is 53.7 Å². The lowest BCUT2D eigenvalue weighted by Gasteiger charge is -2.27. The summed E-state index contributed by atoms with van der Waals surface area (Å²) in [5.41, 5.74) is 4.51. The largest absolute Gasteiger partial charge is 0.480 e. The minimum absolute atomic E-state index is 0.0594. The smallest absolute Gasteiger partial charge is 0.407 e. The number of carbonyl (C=O) groups excluding carboxylic acids is 2. The number of benzene rings is 2. The van der Waals surface area contributed by atoms with Crippen molar-refractivity contribution in [3.05, 3.63) is 59.7 Å². The first-order valence-corrected chi connectivity index (χ1v) is 10.7. The molecule has 0 spiro atoms. The number of carbonyl (C=O) groups is 3. The van der Waals surface area contributed by atoms with Gasteiger partial charge in [-0.15, -0.1) is 0 Å². The third-order valence-electron chi connectivity index (χ3n) is 6.09. The number of nitrogens with one attached hydrogen (secondary N) is 1. The van der Waals surface area contributed by atoms with E-state index >= 15 is 0 Å². The Morgan fingerprint density at radius 2 is 1.61 bits per heavy atom. The Morgan fingerprint density at radius 3 is 2.26 bits per heavy atom. The first-order valence-electron chi connectivity index (χ1n) is 10.7. The number of fused-ring (bicyclic) bond motifs is 3. The number of alkyl carbamates (subject to hydrolysis) is 1. The molecular weight excluding hydrogens is 396 g/mol. The molecule has 4 rings (SSSR count). The van der Waals surface area contributed by atoms with Crippen LogP contribution >= 0.6 is 0 Å². The highest BCUT2D eigenvalue weighted by Crippen LogP contribution is 2.44. The Labute approximate surface area is 181 Å². The maximum absolute atomic E-state index is 12.6. The molecule has 1 heterocycles. The molecule has 1 aliphatic heterocycles. The maximum Gasteiger partial charge on any atom is 0.407 e. The van der Waals surface area contributed by atoms with Crippen molar-refractivity contribution < 1.29 is 24.2 Å². The second-order valence-electron chi connectivity index (χ2n) is 7.97. The van der Waals surface area contributed by atoms with Gasteiger partial charge in [0.05, 0.1) is 0 Å². The van der Waals surface area contributed by atoms with Crippen molar-refractivity contribution in [2.75, 3.05) is 19.7 Å². The van der Waals surface area contributed by atoms with Gasteiger partial charge in [-0.1, -0.05) is 61.4 Å². The normalized spacial score (nSPS) is 17.9. The van der Waals surface area contributed by atoms with Gasteiger partial charge in [-0.25, -0.2) is 9.59 Å². The van der Waals surface area contributed by atoms with E-state index in [1.165, 1.54) is 4.90 Å². The second-order valence-corrected chi connectivity index (χ2v) is 7.97. The van der Waals surface area contributed by atoms with E-state index in [1.807, 2.05) is 36.4 Å². The first kappa shape index (κ1) is 20.9. The molecule has 7 heteroatoms. The molecule has 1 aliphatic carbocycles. The van der Waals surface area contributed by atoms with Crippen molar-refractivity contribution in [3.63, 3.8) is 0 Å². The van der Waals surface area contributed by atoms with Gasteiger partial charge in [0, 0.05) is 12.5 Å². The van der Waals surface area contributed by atoms with Gasteiger partial charge in [-0.05, 0) is 35.1 Å². The van der Waals surface area contributed by atoms with Crippen LogP contribution in [-0.2, 0) is 14.3 Å². The van der Waals surface area contributed by atoms with Crippen LogP contribution in [0.2, 0.25) is 0 Å². The van der Waals surface area contributed by atoms with Gasteiger partial charge in [0.1, 0.15) is 19.2 Å². The minimum atomic E-state index is -1.00. The number of carboxylic acids is 1. The molecule has 2 N–H and O–H groups in total. The molecule has 1 atom stereocenters. The zero-order valence-electron chi connectivity index (χ0n) is 17.3. The van der Waals surface area contributed by atoms with E-state index < -0.39 is 24.0 Å². The third-order valence-corrected chi connectivity index (χ3v) is 6.09. The van der Waals surface area contributed by atoms with Gasteiger partial charge < -0.3 is 20.1 Å². The van der Waals surface area contributed by atoms with Crippen molar-refractivity contribution in [2.45, 2.75) is 37.6 Å². The lowest BCUT2D eigenvalue weighted by atomic mass is 9.98. The van der Waals surface area contributed by atoms with Crippen LogP contribution in [0.4, 0.5) is 4.79 Å². The van der Waals surface area contributed by atoms with Gasteiger partial charge in [0.15, 0.2) is 0 Å². The van der Waals surface area contributed by atoms with Crippen LogP contribution in [0.15, 0.2) is 48.5 Å². The summed E-state index contributed by atoms with van der Waals surface area (Å²) in [4.78, 5) is 37.7. The fraction of sp³-hybridized carbons (Fsp3) is 0.375. The summed E-state index contributed by atoms with van der Waals surface area (Å²) in [5.74, 6) is -1.46. The molecule has 162 valence electrons. The molecule has 2 aromatic rings.